The Balaban J connectivity index is 1.90. The van der Waals surface area contributed by atoms with Gasteiger partial charge in [-0.2, -0.15) is 20.2 Å². The summed E-state index contributed by atoms with van der Waals surface area (Å²) < 4.78 is 24.8. The standard InChI is InChI=1S/C14H22N6O2S2/c1-20(2)8-14-17-11-4-3-10(7-12(11)18-14)9-23-6-5-13(15)19-24(16,21)22/h3-4,7H,5-6,8-9H2,1-2H3,(H2,15,19)(H,17,18)(H2,16,21,22). The van der Waals surface area contributed by atoms with Crippen LogP contribution in [0.25, 0.3) is 11.0 Å². The van der Waals surface area contributed by atoms with E-state index in [-0.39, 0.29) is 5.84 Å². The molecular weight excluding hydrogens is 348 g/mol. The van der Waals surface area contributed by atoms with Gasteiger partial charge in [-0.05, 0) is 31.8 Å². The predicted octanol–water partition coefficient (Wildman–Crippen LogP) is 0.809. The van der Waals surface area contributed by atoms with Gasteiger partial charge in [-0.15, -0.1) is 4.40 Å². The van der Waals surface area contributed by atoms with E-state index in [1.54, 1.807) is 11.8 Å². The average molecular weight is 371 g/mol. The molecule has 0 unspecified atom stereocenters. The lowest BCUT2D eigenvalue weighted by Crippen LogP contribution is -2.19. The molecule has 0 aliphatic rings. The zero-order valence-corrected chi connectivity index (χ0v) is 15.3. The Labute approximate surface area is 145 Å². The topological polar surface area (TPSA) is 130 Å². The van der Waals surface area contributed by atoms with Crippen molar-refractivity contribution in [1.82, 2.24) is 14.9 Å². The van der Waals surface area contributed by atoms with Crippen molar-refractivity contribution in [3.8, 4) is 0 Å². The number of hydrogen-bond acceptors (Lipinski definition) is 5. The Kier molecular flexibility index (Phi) is 6.21. The molecule has 2 aromatic rings. The highest BCUT2D eigenvalue weighted by Gasteiger charge is 2.05. The number of rotatable bonds is 8. The molecule has 0 aliphatic carbocycles. The third kappa shape index (κ3) is 6.11. The van der Waals surface area contributed by atoms with Crippen LogP contribution in [0.2, 0.25) is 0 Å². The molecular formula is C14H22N6O2S2. The molecule has 0 radical (unpaired) electrons. The molecule has 1 heterocycles. The summed E-state index contributed by atoms with van der Waals surface area (Å²) in [6.45, 7) is 0.765. The number of nitrogens with zero attached hydrogens (tertiary/aromatic N) is 3. The maximum absolute atomic E-state index is 10.8. The number of thioether (sulfide) groups is 1. The minimum absolute atomic E-state index is 0.0300. The Hall–Kier alpha value is -1.62. The molecule has 10 heteroatoms. The van der Waals surface area contributed by atoms with Gasteiger partial charge >= 0.3 is 10.2 Å². The number of imidazole rings is 1. The number of nitrogens with one attached hydrogen (secondary N) is 1. The lowest BCUT2D eigenvalue weighted by molar-refractivity contribution is 0.392. The maximum Gasteiger partial charge on any atom is 0.318 e. The van der Waals surface area contributed by atoms with Crippen molar-refractivity contribution in [3.63, 3.8) is 0 Å². The monoisotopic (exact) mass is 370 g/mol. The van der Waals surface area contributed by atoms with E-state index in [1.807, 2.05) is 26.2 Å². The number of fused-ring (bicyclic) bond motifs is 1. The molecule has 0 atom stereocenters. The molecule has 1 aromatic carbocycles. The van der Waals surface area contributed by atoms with E-state index in [0.717, 1.165) is 34.7 Å². The lowest BCUT2D eigenvalue weighted by Gasteiger charge is -2.05. The summed E-state index contributed by atoms with van der Waals surface area (Å²) in [5.41, 5.74) is 8.64. The Morgan fingerprint density at radius 2 is 2.17 bits per heavy atom. The summed E-state index contributed by atoms with van der Waals surface area (Å²) in [4.78, 5) is 9.92. The van der Waals surface area contributed by atoms with Crippen LogP contribution in [-0.4, -0.2) is 49.0 Å². The van der Waals surface area contributed by atoms with Crippen molar-refractivity contribution in [2.75, 3.05) is 19.8 Å². The van der Waals surface area contributed by atoms with Crippen LogP contribution in [-0.2, 0) is 22.5 Å². The summed E-state index contributed by atoms with van der Waals surface area (Å²) >= 11 is 1.65. The van der Waals surface area contributed by atoms with Crippen LogP contribution in [0.15, 0.2) is 22.6 Å². The van der Waals surface area contributed by atoms with Gasteiger partial charge in [0.2, 0.25) is 0 Å². The first-order chi connectivity index (χ1) is 11.2. The smallest absolute Gasteiger partial charge is 0.318 e. The van der Waals surface area contributed by atoms with E-state index >= 15 is 0 Å². The highest BCUT2D eigenvalue weighted by molar-refractivity contribution is 7.98. The first-order valence-electron chi connectivity index (χ1n) is 7.30. The summed E-state index contributed by atoms with van der Waals surface area (Å²) in [5, 5.41) is 4.80. The van der Waals surface area contributed by atoms with Crippen LogP contribution in [0.4, 0.5) is 0 Å². The zero-order chi connectivity index (χ0) is 17.7. The number of aromatic amines is 1. The van der Waals surface area contributed by atoms with Gasteiger partial charge in [0, 0.05) is 17.9 Å². The molecule has 132 valence electrons. The number of H-pyrrole nitrogens is 1. The second-order valence-corrected chi connectivity index (χ2v) is 7.99. The van der Waals surface area contributed by atoms with E-state index in [9.17, 15) is 8.42 Å². The molecule has 2 rings (SSSR count). The largest absolute Gasteiger partial charge is 0.386 e. The number of benzene rings is 1. The van der Waals surface area contributed by atoms with Gasteiger partial charge in [-0.25, -0.2) is 10.1 Å². The molecule has 5 N–H and O–H groups in total. The third-order valence-electron chi connectivity index (χ3n) is 3.08. The molecule has 24 heavy (non-hydrogen) atoms. The van der Waals surface area contributed by atoms with Crippen LogP contribution >= 0.6 is 11.8 Å². The molecule has 0 saturated carbocycles. The van der Waals surface area contributed by atoms with Crippen molar-refractivity contribution in [1.29, 1.82) is 0 Å². The highest BCUT2D eigenvalue weighted by Crippen LogP contribution is 2.19. The molecule has 0 saturated heterocycles. The van der Waals surface area contributed by atoms with E-state index in [2.05, 4.69) is 25.3 Å². The number of aromatic nitrogens is 2. The van der Waals surface area contributed by atoms with Crippen LogP contribution < -0.4 is 10.9 Å². The SMILES string of the molecule is CN(C)Cc1nc2ccc(CSCC/C(N)=N/S(N)(=O)=O)cc2[nH]1. The normalized spacial score (nSPS) is 13.1. The molecule has 8 nitrogen and oxygen atoms in total. The Bertz CT molecular complexity index is 829. The molecule has 0 aliphatic heterocycles. The third-order valence-corrected chi connectivity index (χ3v) is 4.60. The zero-order valence-electron chi connectivity index (χ0n) is 13.7. The minimum atomic E-state index is -3.90. The first-order valence-corrected chi connectivity index (χ1v) is 9.96. The van der Waals surface area contributed by atoms with Crippen molar-refractivity contribution in [3.05, 3.63) is 29.6 Å². The number of nitrogens with two attached hydrogens (primary N) is 2. The van der Waals surface area contributed by atoms with E-state index < -0.39 is 10.2 Å². The molecule has 0 bridgehead atoms. The van der Waals surface area contributed by atoms with Crippen LogP contribution in [0, 0.1) is 0 Å². The van der Waals surface area contributed by atoms with Gasteiger partial charge < -0.3 is 15.6 Å². The lowest BCUT2D eigenvalue weighted by atomic mass is 10.2. The van der Waals surface area contributed by atoms with Gasteiger partial charge in [0.15, 0.2) is 0 Å². The van der Waals surface area contributed by atoms with E-state index in [1.165, 1.54) is 0 Å². The fourth-order valence-corrected chi connectivity index (χ4v) is 3.48. The quantitative estimate of drug-likeness (QED) is 0.358. The summed E-state index contributed by atoms with van der Waals surface area (Å²) in [6.07, 6.45) is 0.375. The Morgan fingerprint density at radius 3 is 2.83 bits per heavy atom. The van der Waals surface area contributed by atoms with Crippen molar-refractivity contribution in [2.45, 2.75) is 18.7 Å². The van der Waals surface area contributed by atoms with Gasteiger partial charge in [-0.1, -0.05) is 6.07 Å². The molecule has 1 aromatic heterocycles. The average Bonchev–Trinajstić information content (AvgIpc) is 2.82. The van der Waals surface area contributed by atoms with Gasteiger partial charge in [0.1, 0.15) is 11.7 Å². The molecule has 0 amide bonds. The van der Waals surface area contributed by atoms with Crippen molar-refractivity contribution in [2.24, 2.45) is 15.3 Å². The number of amidine groups is 1. The Morgan fingerprint density at radius 1 is 1.42 bits per heavy atom. The van der Waals surface area contributed by atoms with Crippen molar-refractivity contribution >= 4 is 38.8 Å². The second kappa shape index (κ2) is 7.97. The fourth-order valence-electron chi connectivity index (χ4n) is 2.15. The second-order valence-electron chi connectivity index (χ2n) is 5.67. The first kappa shape index (κ1) is 18.7. The van der Waals surface area contributed by atoms with Crippen LogP contribution in [0.5, 0.6) is 0 Å². The molecule has 0 fully saturated rings. The summed E-state index contributed by atoms with van der Waals surface area (Å²) in [5.74, 6) is 2.42. The summed E-state index contributed by atoms with van der Waals surface area (Å²) in [7, 11) is 0.0961. The number of hydrogen-bond donors (Lipinski definition) is 3. The van der Waals surface area contributed by atoms with Gasteiger partial charge in [-0.3, -0.25) is 0 Å². The van der Waals surface area contributed by atoms with Gasteiger partial charge in [0.25, 0.3) is 0 Å². The predicted molar refractivity (Wildman–Crippen MR) is 99.0 cm³/mol. The van der Waals surface area contributed by atoms with Gasteiger partial charge in [0.05, 0.1) is 17.6 Å². The van der Waals surface area contributed by atoms with Crippen LogP contribution in [0.1, 0.15) is 17.8 Å². The minimum Gasteiger partial charge on any atom is -0.386 e. The van der Waals surface area contributed by atoms with E-state index in [4.69, 9.17) is 10.9 Å². The fraction of sp³-hybridized carbons (Fsp3) is 0.429. The molecule has 0 spiro atoms. The maximum atomic E-state index is 10.8. The highest BCUT2D eigenvalue weighted by atomic mass is 32.2. The van der Waals surface area contributed by atoms with E-state index in [0.29, 0.717) is 12.2 Å². The van der Waals surface area contributed by atoms with Crippen molar-refractivity contribution < 1.29 is 8.42 Å². The van der Waals surface area contributed by atoms with Crippen LogP contribution in [0.3, 0.4) is 0 Å². The summed E-state index contributed by atoms with van der Waals surface area (Å²) in [6, 6.07) is 6.12.